The monoisotopic (exact) mass is 155 g/mol. The molecule has 2 rings (SSSR count). The molecule has 2 aliphatic heterocycles. The van der Waals surface area contributed by atoms with Gasteiger partial charge < -0.3 is 10.2 Å². The van der Waals surface area contributed by atoms with Gasteiger partial charge >= 0.3 is 0 Å². The second kappa shape index (κ2) is 2.73. The summed E-state index contributed by atoms with van der Waals surface area (Å²) >= 11 is 0. The predicted octanol–water partition coefficient (Wildman–Crippen LogP) is -0.796. The number of nitrogens with one attached hydrogen (secondary N) is 1. The van der Waals surface area contributed by atoms with Crippen molar-refractivity contribution in [2.24, 2.45) is 0 Å². The van der Waals surface area contributed by atoms with E-state index in [1.807, 2.05) is 0 Å². The first kappa shape index (κ1) is 7.53. The van der Waals surface area contributed by atoms with Gasteiger partial charge in [-0.25, -0.2) is 0 Å². The highest BCUT2D eigenvalue weighted by molar-refractivity contribution is 4.96. The van der Waals surface area contributed by atoms with Crippen molar-refractivity contribution < 1.29 is 0 Å². The van der Waals surface area contributed by atoms with Gasteiger partial charge in [-0.05, 0) is 14.1 Å². The fourth-order valence-corrected chi connectivity index (χ4v) is 2.22. The van der Waals surface area contributed by atoms with E-state index in [4.69, 9.17) is 0 Å². The second-order valence-corrected chi connectivity index (χ2v) is 3.83. The predicted molar refractivity (Wildman–Crippen MR) is 45.7 cm³/mol. The summed E-state index contributed by atoms with van der Waals surface area (Å²) in [7, 11) is 4.44. The van der Waals surface area contributed by atoms with E-state index in [1.165, 1.54) is 19.6 Å². The van der Waals surface area contributed by atoms with Crippen LogP contribution in [-0.4, -0.2) is 62.2 Å². The van der Waals surface area contributed by atoms with Crippen molar-refractivity contribution in [3.05, 3.63) is 0 Å². The minimum absolute atomic E-state index is 0.721. The molecule has 2 saturated heterocycles. The Bertz CT molecular complexity index is 148. The number of hydrogen-bond acceptors (Lipinski definition) is 3. The first-order valence-corrected chi connectivity index (χ1v) is 4.39. The molecule has 0 amide bonds. The van der Waals surface area contributed by atoms with E-state index >= 15 is 0 Å². The molecule has 0 aliphatic carbocycles. The van der Waals surface area contributed by atoms with Crippen LogP contribution in [0.5, 0.6) is 0 Å². The molecular weight excluding hydrogens is 138 g/mol. The van der Waals surface area contributed by atoms with Crippen LogP contribution < -0.4 is 5.32 Å². The standard InChI is InChI=1S/C8H17N3/c1-10-5-7-8(6-10)11(2)4-3-9-7/h7-9H,3-6H2,1-2H3. The van der Waals surface area contributed by atoms with Gasteiger partial charge in [0, 0.05) is 38.3 Å². The Morgan fingerprint density at radius 3 is 2.82 bits per heavy atom. The first-order chi connectivity index (χ1) is 5.27. The number of nitrogens with zero attached hydrogens (tertiary/aromatic N) is 2. The fraction of sp³-hybridized carbons (Fsp3) is 1.00. The first-order valence-electron chi connectivity index (χ1n) is 4.39. The van der Waals surface area contributed by atoms with Crippen molar-refractivity contribution in [3.8, 4) is 0 Å². The molecule has 0 saturated carbocycles. The maximum Gasteiger partial charge on any atom is 0.0386 e. The molecule has 64 valence electrons. The largest absolute Gasteiger partial charge is 0.310 e. The summed E-state index contributed by atoms with van der Waals surface area (Å²) in [6, 6.07) is 1.48. The maximum absolute atomic E-state index is 3.56. The van der Waals surface area contributed by atoms with Crippen molar-refractivity contribution in [2.45, 2.75) is 12.1 Å². The lowest BCUT2D eigenvalue weighted by atomic mass is 10.1. The van der Waals surface area contributed by atoms with Gasteiger partial charge in [-0.2, -0.15) is 0 Å². The zero-order valence-corrected chi connectivity index (χ0v) is 7.38. The summed E-state index contributed by atoms with van der Waals surface area (Å²) in [5.74, 6) is 0. The van der Waals surface area contributed by atoms with Gasteiger partial charge in [-0.3, -0.25) is 4.90 Å². The average molecular weight is 155 g/mol. The van der Waals surface area contributed by atoms with Crippen LogP contribution in [0.1, 0.15) is 0 Å². The molecule has 2 atom stereocenters. The lowest BCUT2D eigenvalue weighted by Crippen LogP contribution is -2.55. The van der Waals surface area contributed by atoms with Crippen LogP contribution in [0.25, 0.3) is 0 Å². The normalized spacial score (nSPS) is 40.9. The molecule has 0 aromatic carbocycles. The molecule has 0 spiro atoms. The van der Waals surface area contributed by atoms with E-state index in [0.29, 0.717) is 0 Å². The smallest absolute Gasteiger partial charge is 0.0386 e. The number of rotatable bonds is 0. The third-order valence-corrected chi connectivity index (χ3v) is 2.91. The molecule has 3 nitrogen and oxygen atoms in total. The molecule has 11 heavy (non-hydrogen) atoms. The Hall–Kier alpha value is -0.120. The number of fused-ring (bicyclic) bond motifs is 1. The topological polar surface area (TPSA) is 18.5 Å². The average Bonchev–Trinajstić information content (AvgIpc) is 2.31. The maximum atomic E-state index is 3.56. The van der Waals surface area contributed by atoms with Crippen LogP contribution in [0.3, 0.4) is 0 Å². The van der Waals surface area contributed by atoms with E-state index in [9.17, 15) is 0 Å². The summed E-state index contributed by atoms with van der Waals surface area (Å²) in [4.78, 5) is 4.88. The lowest BCUT2D eigenvalue weighted by Gasteiger charge is -2.34. The molecule has 3 heteroatoms. The number of likely N-dealkylation sites (tertiary alicyclic amines) is 1. The van der Waals surface area contributed by atoms with Crippen LogP contribution in [0, 0.1) is 0 Å². The third-order valence-electron chi connectivity index (χ3n) is 2.91. The van der Waals surface area contributed by atoms with Gasteiger partial charge in [0.05, 0.1) is 0 Å². The summed E-state index contributed by atoms with van der Waals surface area (Å²) in [5, 5.41) is 3.56. The molecule has 0 bridgehead atoms. The minimum Gasteiger partial charge on any atom is -0.310 e. The van der Waals surface area contributed by atoms with Gasteiger partial charge in [-0.1, -0.05) is 0 Å². The lowest BCUT2D eigenvalue weighted by molar-refractivity contribution is 0.181. The van der Waals surface area contributed by atoms with Crippen molar-refractivity contribution in [1.29, 1.82) is 0 Å². The third kappa shape index (κ3) is 1.28. The Morgan fingerprint density at radius 2 is 2.09 bits per heavy atom. The van der Waals surface area contributed by atoms with Crippen LogP contribution in [0.15, 0.2) is 0 Å². The molecule has 0 radical (unpaired) electrons. The highest BCUT2D eigenvalue weighted by Crippen LogP contribution is 2.15. The van der Waals surface area contributed by atoms with E-state index in [2.05, 4.69) is 29.2 Å². The molecule has 2 fully saturated rings. The van der Waals surface area contributed by atoms with E-state index < -0.39 is 0 Å². The number of piperazine rings is 1. The van der Waals surface area contributed by atoms with Crippen molar-refractivity contribution >= 4 is 0 Å². The quantitative estimate of drug-likeness (QED) is 0.494. The van der Waals surface area contributed by atoms with E-state index in [0.717, 1.165) is 18.6 Å². The van der Waals surface area contributed by atoms with Crippen LogP contribution in [-0.2, 0) is 0 Å². The van der Waals surface area contributed by atoms with Crippen molar-refractivity contribution in [1.82, 2.24) is 15.1 Å². The second-order valence-electron chi connectivity index (χ2n) is 3.83. The zero-order chi connectivity index (χ0) is 7.84. The van der Waals surface area contributed by atoms with Crippen LogP contribution >= 0.6 is 0 Å². The molecule has 2 aliphatic rings. The highest BCUT2D eigenvalue weighted by atomic mass is 15.3. The van der Waals surface area contributed by atoms with E-state index in [1.54, 1.807) is 0 Å². The van der Waals surface area contributed by atoms with Crippen LogP contribution in [0.4, 0.5) is 0 Å². The zero-order valence-electron chi connectivity index (χ0n) is 7.38. The fourth-order valence-electron chi connectivity index (χ4n) is 2.22. The molecule has 0 aromatic rings. The Labute approximate surface area is 68.4 Å². The molecule has 0 aromatic heterocycles. The van der Waals surface area contributed by atoms with Gasteiger partial charge in [0.25, 0.3) is 0 Å². The number of hydrogen-bond donors (Lipinski definition) is 1. The Balaban J connectivity index is 2.03. The van der Waals surface area contributed by atoms with Crippen molar-refractivity contribution in [3.63, 3.8) is 0 Å². The molecule has 2 heterocycles. The molecular formula is C8H17N3. The highest BCUT2D eigenvalue weighted by Gasteiger charge is 2.35. The van der Waals surface area contributed by atoms with Crippen molar-refractivity contribution in [2.75, 3.05) is 40.3 Å². The Kier molecular flexibility index (Phi) is 1.87. The van der Waals surface area contributed by atoms with Gasteiger partial charge in [0.2, 0.25) is 0 Å². The number of likely N-dealkylation sites (N-methyl/N-ethyl adjacent to an activating group) is 2. The molecule has 2 unspecified atom stereocenters. The van der Waals surface area contributed by atoms with E-state index in [-0.39, 0.29) is 0 Å². The van der Waals surface area contributed by atoms with Gasteiger partial charge in [0.1, 0.15) is 0 Å². The Morgan fingerprint density at radius 1 is 1.27 bits per heavy atom. The van der Waals surface area contributed by atoms with Gasteiger partial charge in [-0.15, -0.1) is 0 Å². The minimum atomic E-state index is 0.721. The molecule has 1 N–H and O–H groups in total. The summed E-state index contributed by atoms with van der Waals surface area (Å²) in [6.45, 7) is 4.81. The SMILES string of the molecule is CN1CC2NCCN(C)C2C1. The summed E-state index contributed by atoms with van der Waals surface area (Å²) in [6.07, 6.45) is 0. The summed E-state index contributed by atoms with van der Waals surface area (Å²) < 4.78 is 0. The van der Waals surface area contributed by atoms with Gasteiger partial charge in [0.15, 0.2) is 0 Å². The summed E-state index contributed by atoms with van der Waals surface area (Å²) in [5.41, 5.74) is 0. The van der Waals surface area contributed by atoms with Crippen LogP contribution in [0.2, 0.25) is 0 Å².